The molecule has 2 aromatic carbocycles. The van der Waals surface area contributed by atoms with Crippen LogP contribution in [0.5, 0.6) is 0 Å². The van der Waals surface area contributed by atoms with Gasteiger partial charge in [0.15, 0.2) is 0 Å². The molecule has 1 aliphatic heterocycles. The summed E-state index contributed by atoms with van der Waals surface area (Å²) in [5, 5.41) is 1.04. The van der Waals surface area contributed by atoms with Crippen LogP contribution in [-0.4, -0.2) is 22.3 Å². The van der Waals surface area contributed by atoms with Crippen molar-refractivity contribution in [3.63, 3.8) is 0 Å². The van der Waals surface area contributed by atoms with Gasteiger partial charge in [0.2, 0.25) is 5.91 Å². The largest absolute Gasteiger partial charge is 0.330 e. The molecular weight excluding hydrogens is 396 g/mol. The second kappa shape index (κ2) is 7.10. The molecule has 1 amide bonds. The van der Waals surface area contributed by atoms with E-state index in [1.54, 1.807) is 17.4 Å². The highest BCUT2D eigenvalue weighted by Gasteiger charge is 2.31. The Labute approximate surface area is 159 Å². The lowest BCUT2D eigenvalue weighted by atomic mass is 10.2. The molecule has 0 bridgehead atoms. The molecule has 0 spiro atoms. The van der Waals surface area contributed by atoms with Crippen molar-refractivity contribution >= 4 is 49.5 Å². The highest BCUT2D eigenvalue weighted by atomic mass is 79.9. The van der Waals surface area contributed by atoms with Gasteiger partial charge in [-0.05, 0) is 48.7 Å². The van der Waals surface area contributed by atoms with Crippen LogP contribution >= 0.6 is 27.3 Å². The molecule has 1 aliphatic rings. The summed E-state index contributed by atoms with van der Waals surface area (Å²) in [4.78, 5) is 19.4. The molecule has 1 fully saturated rings. The van der Waals surface area contributed by atoms with Crippen LogP contribution in [0, 0.1) is 0 Å². The number of hydrogen-bond donors (Lipinski definition) is 0. The van der Waals surface area contributed by atoms with Gasteiger partial charge >= 0.3 is 0 Å². The molecule has 1 unspecified atom stereocenters. The Hall–Kier alpha value is -1.98. The zero-order chi connectivity index (χ0) is 17.2. The second-order valence-electron chi connectivity index (χ2n) is 6.10. The Balaban J connectivity index is 1.55. The Morgan fingerprint density at radius 3 is 2.96 bits per heavy atom. The SMILES string of the molecule is O=C(/C=C/c1cccc(Br)c1)N1CCCC1c1nc2ccccc2s1. The number of halogens is 1. The van der Waals surface area contributed by atoms with Crippen molar-refractivity contribution in [2.45, 2.75) is 18.9 Å². The summed E-state index contributed by atoms with van der Waals surface area (Å²) < 4.78 is 2.19. The van der Waals surface area contributed by atoms with E-state index in [0.29, 0.717) is 0 Å². The zero-order valence-corrected chi connectivity index (χ0v) is 16.0. The molecule has 1 saturated heterocycles. The van der Waals surface area contributed by atoms with Crippen LogP contribution in [-0.2, 0) is 4.79 Å². The van der Waals surface area contributed by atoms with Gasteiger partial charge in [0.25, 0.3) is 0 Å². The number of fused-ring (bicyclic) bond motifs is 1. The fourth-order valence-electron chi connectivity index (χ4n) is 3.19. The summed E-state index contributed by atoms with van der Waals surface area (Å²) in [7, 11) is 0. The minimum absolute atomic E-state index is 0.0572. The first-order chi connectivity index (χ1) is 12.2. The molecular formula is C20H17BrN2OS. The van der Waals surface area contributed by atoms with E-state index in [2.05, 4.69) is 22.0 Å². The van der Waals surface area contributed by atoms with Gasteiger partial charge < -0.3 is 4.90 Å². The van der Waals surface area contributed by atoms with Gasteiger partial charge in [-0.2, -0.15) is 0 Å². The van der Waals surface area contributed by atoms with Crippen LogP contribution in [0.25, 0.3) is 16.3 Å². The summed E-state index contributed by atoms with van der Waals surface area (Å²) in [6, 6.07) is 16.2. The molecule has 0 aliphatic carbocycles. The van der Waals surface area contributed by atoms with Crippen molar-refractivity contribution in [1.29, 1.82) is 0 Å². The highest BCUT2D eigenvalue weighted by Crippen LogP contribution is 2.36. The summed E-state index contributed by atoms with van der Waals surface area (Å²) in [6.45, 7) is 0.794. The lowest BCUT2D eigenvalue weighted by Gasteiger charge is -2.21. The van der Waals surface area contributed by atoms with E-state index in [4.69, 9.17) is 4.98 Å². The standard InChI is InChI=1S/C20H17BrN2OS/c21-15-6-3-5-14(13-15)10-11-19(24)23-12-4-8-17(23)20-22-16-7-1-2-9-18(16)25-20/h1-3,5-7,9-11,13,17H,4,8,12H2/b11-10+. The first kappa shape index (κ1) is 16.5. The molecule has 0 radical (unpaired) electrons. The number of rotatable bonds is 3. The Morgan fingerprint density at radius 2 is 2.12 bits per heavy atom. The van der Waals surface area contributed by atoms with Crippen molar-refractivity contribution in [1.82, 2.24) is 9.88 Å². The van der Waals surface area contributed by atoms with Crippen LogP contribution < -0.4 is 0 Å². The second-order valence-corrected chi connectivity index (χ2v) is 8.08. The summed E-state index contributed by atoms with van der Waals surface area (Å²) in [5.41, 5.74) is 2.03. The smallest absolute Gasteiger partial charge is 0.247 e. The average Bonchev–Trinajstić information content (AvgIpc) is 3.26. The molecule has 1 atom stereocenters. The average molecular weight is 413 g/mol. The molecule has 2 heterocycles. The van der Waals surface area contributed by atoms with Gasteiger partial charge in [-0.25, -0.2) is 4.98 Å². The van der Waals surface area contributed by atoms with Crippen LogP contribution in [0.15, 0.2) is 59.1 Å². The van der Waals surface area contributed by atoms with Crippen LogP contribution in [0.1, 0.15) is 29.5 Å². The first-order valence-corrected chi connectivity index (χ1v) is 9.91. The maximum Gasteiger partial charge on any atom is 0.247 e. The quantitative estimate of drug-likeness (QED) is 0.536. The molecule has 3 nitrogen and oxygen atoms in total. The van der Waals surface area contributed by atoms with E-state index in [9.17, 15) is 4.79 Å². The van der Waals surface area contributed by atoms with E-state index in [-0.39, 0.29) is 11.9 Å². The molecule has 1 aromatic heterocycles. The molecule has 25 heavy (non-hydrogen) atoms. The number of carbonyl (C=O) groups is 1. The molecule has 4 rings (SSSR count). The predicted octanol–water partition coefficient (Wildman–Crippen LogP) is 5.44. The topological polar surface area (TPSA) is 33.2 Å². The number of hydrogen-bond acceptors (Lipinski definition) is 3. The van der Waals surface area contributed by atoms with Crippen molar-refractivity contribution in [3.05, 3.63) is 69.7 Å². The minimum atomic E-state index is 0.0572. The fraction of sp³-hybridized carbons (Fsp3) is 0.200. The van der Waals surface area contributed by atoms with E-state index in [1.807, 2.05) is 53.4 Å². The van der Waals surface area contributed by atoms with Gasteiger partial charge in [-0.1, -0.05) is 40.2 Å². The van der Waals surface area contributed by atoms with E-state index in [1.165, 1.54) is 4.70 Å². The van der Waals surface area contributed by atoms with Gasteiger partial charge in [-0.3, -0.25) is 4.79 Å². The van der Waals surface area contributed by atoms with Gasteiger partial charge in [0, 0.05) is 17.1 Å². The highest BCUT2D eigenvalue weighted by molar-refractivity contribution is 9.10. The van der Waals surface area contributed by atoms with Crippen LogP contribution in [0.2, 0.25) is 0 Å². The van der Waals surface area contributed by atoms with Crippen molar-refractivity contribution < 1.29 is 4.79 Å². The van der Waals surface area contributed by atoms with E-state index in [0.717, 1.165) is 39.9 Å². The number of aromatic nitrogens is 1. The van der Waals surface area contributed by atoms with Crippen molar-refractivity contribution in [2.75, 3.05) is 6.54 Å². The van der Waals surface area contributed by atoms with Gasteiger partial charge in [-0.15, -0.1) is 11.3 Å². The molecule has 3 aromatic rings. The van der Waals surface area contributed by atoms with Gasteiger partial charge in [0.1, 0.15) is 5.01 Å². The summed E-state index contributed by atoms with van der Waals surface area (Å²) in [6.07, 6.45) is 5.56. The third-order valence-electron chi connectivity index (χ3n) is 4.40. The van der Waals surface area contributed by atoms with E-state index >= 15 is 0 Å². The number of amides is 1. The third-order valence-corrected chi connectivity index (χ3v) is 6.03. The predicted molar refractivity (Wildman–Crippen MR) is 106 cm³/mol. The van der Waals surface area contributed by atoms with Crippen molar-refractivity contribution in [2.24, 2.45) is 0 Å². The van der Waals surface area contributed by atoms with Crippen LogP contribution in [0.3, 0.4) is 0 Å². The minimum Gasteiger partial charge on any atom is -0.330 e. The van der Waals surface area contributed by atoms with Crippen LogP contribution in [0.4, 0.5) is 0 Å². The Morgan fingerprint density at radius 1 is 1.24 bits per heavy atom. The molecule has 0 saturated carbocycles. The number of para-hydroxylation sites is 1. The fourth-order valence-corrected chi connectivity index (χ4v) is 4.73. The number of benzene rings is 2. The zero-order valence-electron chi connectivity index (χ0n) is 13.6. The number of likely N-dealkylation sites (tertiary alicyclic amines) is 1. The number of carbonyl (C=O) groups excluding carboxylic acids is 1. The lowest BCUT2D eigenvalue weighted by Crippen LogP contribution is -2.28. The van der Waals surface area contributed by atoms with Gasteiger partial charge in [0.05, 0.1) is 16.3 Å². The third kappa shape index (κ3) is 3.53. The normalized spacial score (nSPS) is 17.6. The first-order valence-electron chi connectivity index (χ1n) is 8.30. The monoisotopic (exact) mass is 412 g/mol. The van der Waals surface area contributed by atoms with E-state index < -0.39 is 0 Å². The van der Waals surface area contributed by atoms with Crippen molar-refractivity contribution in [3.8, 4) is 0 Å². The maximum absolute atomic E-state index is 12.7. The molecule has 5 heteroatoms. The Kier molecular flexibility index (Phi) is 4.68. The molecule has 0 N–H and O–H groups in total. The number of nitrogens with zero attached hydrogens (tertiary/aromatic N) is 2. The summed E-state index contributed by atoms with van der Waals surface area (Å²) in [5.74, 6) is 0.0572. The number of thiazole rings is 1. The lowest BCUT2D eigenvalue weighted by molar-refractivity contribution is -0.126. The summed E-state index contributed by atoms with van der Waals surface area (Å²) >= 11 is 5.15. The maximum atomic E-state index is 12.7. The molecule has 126 valence electrons. The Bertz CT molecular complexity index is 917.